The maximum atomic E-state index is 13.5. The lowest BCUT2D eigenvalue weighted by Crippen LogP contribution is -2.49. The van der Waals surface area contributed by atoms with Gasteiger partial charge in [-0.2, -0.15) is 0 Å². The van der Waals surface area contributed by atoms with Crippen molar-refractivity contribution in [1.82, 2.24) is 19.8 Å². The first-order chi connectivity index (χ1) is 16.6. The van der Waals surface area contributed by atoms with Crippen molar-refractivity contribution in [3.8, 4) is 0 Å². The first kappa shape index (κ1) is 22.7. The number of nitrogens with zero attached hydrogens (tertiary/aromatic N) is 3. The number of amides is 2. The maximum Gasteiger partial charge on any atom is 0.254 e. The zero-order chi connectivity index (χ0) is 23.5. The number of carbonyl (C=O) groups excluding carboxylic acids is 2. The molecule has 2 amide bonds. The molecule has 7 heteroatoms. The van der Waals surface area contributed by atoms with Crippen molar-refractivity contribution < 1.29 is 9.59 Å². The molecule has 1 saturated carbocycles. The zero-order valence-electron chi connectivity index (χ0n) is 19.1. The van der Waals surface area contributed by atoms with E-state index in [0.717, 1.165) is 43.4 Å². The van der Waals surface area contributed by atoms with Gasteiger partial charge in [0, 0.05) is 42.1 Å². The minimum absolute atomic E-state index is 0.0789. The first-order valence-electron chi connectivity index (χ1n) is 12.0. The van der Waals surface area contributed by atoms with Crippen LogP contribution in [0, 0.1) is 5.92 Å². The van der Waals surface area contributed by atoms with Gasteiger partial charge in [0.1, 0.15) is 6.04 Å². The Morgan fingerprint density at radius 2 is 1.88 bits per heavy atom. The van der Waals surface area contributed by atoms with E-state index < -0.39 is 6.04 Å². The molecule has 1 aliphatic carbocycles. The van der Waals surface area contributed by atoms with E-state index in [1.54, 1.807) is 36.8 Å². The highest BCUT2D eigenvalue weighted by Gasteiger charge is 2.47. The third-order valence-electron chi connectivity index (χ3n) is 7.08. The van der Waals surface area contributed by atoms with Crippen molar-refractivity contribution in [3.05, 3.63) is 89.0 Å². The molecular weight excluding hydrogens is 448 g/mol. The number of hydrogen-bond acceptors (Lipinski definition) is 3. The second kappa shape index (κ2) is 10.0. The molecule has 3 aromatic rings. The monoisotopic (exact) mass is 476 g/mol. The fraction of sp³-hybridized carbons (Fsp3) is 0.370. The molecule has 2 aliphatic rings. The van der Waals surface area contributed by atoms with Gasteiger partial charge in [0.25, 0.3) is 5.91 Å². The largest absolute Gasteiger partial charge is 0.350 e. The number of likely N-dealkylation sites (tertiary alicyclic amines) is 1. The molecule has 0 spiro atoms. The highest BCUT2D eigenvalue weighted by Crippen LogP contribution is 2.40. The number of rotatable bonds is 6. The summed E-state index contributed by atoms with van der Waals surface area (Å²) in [6, 6.07) is 14.9. The van der Waals surface area contributed by atoms with Gasteiger partial charge in [-0.3, -0.25) is 9.59 Å². The van der Waals surface area contributed by atoms with Gasteiger partial charge in [-0.1, -0.05) is 54.8 Å². The minimum Gasteiger partial charge on any atom is -0.350 e. The standard InChI is InChI=1S/C27H29ClN4O2/c28-23-9-4-8-22(14-23)27(34)32-24-10-2-1-7-21(24)15-25(32)26(33)30-16-19-5-3-6-20(13-19)17-31-12-11-29-18-31/h3-6,8-9,11-14,18,21,24-25H,1-2,7,10,15-17H2,(H,30,33). The normalized spacial score (nSPS) is 21.8. The third kappa shape index (κ3) is 4.87. The Labute approximate surface area is 204 Å². The average Bonchev–Trinajstić information content (AvgIpc) is 3.50. The molecule has 0 radical (unpaired) electrons. The number of imidazole rings is 1. The van der Waals surface area contributed by atoms with Gasteiger partial charge in [-0.15, -0.1) is 0 Å². The summed E-state index contributed by atoms with van der Waals surface area (Å²) in [6.45, 7) is 1.16. The molecule has 0 bridgehead atoms. The Morgan fingerprint density at radius 3 is 2.71 bits per heavy atom. The molecule has 34 heavy (non-hydrogen) atoms. The van der Waals surface area contributed by atoms with Crippen molar-refractivity contribution in [2.45, 2.75) is 57.3 Å². The average molecular weight is 477 g/mol. The second-order valence-corrected chi connectivity index (χ2v) is 9.80. The molecule has 1 aromatic heterocycles. The molecule has 3 unspecified atom stereocenters. The van der Waals surface area contributed by atoms with E-state index in [1.807, 2.05) is 27.8 Å². The number of benzene rings is 2. The SMILES string of the molecule is O=C(NCc1cccc(Cn2ccnc2)c1)C1CC2CCCCC2N1C(=O)c1cccc(Cl)c1. The Bertz CT molecular complexity index is 1160. The summed E-state index contributed by atoms with van der Waals surface area (Å²) in [4.78, 5) is 32.8. The molecule has 176 valence electrons. The smallest absolute Gasteiger partial charge is 0.254 e. The summed E-state index contributed by atoms with van der Waals surface area (Å²) < 4.78 is 2.01. The molecule has 1 aliphatic heterocycles. The lowest BCUT2D eigenvalue weighted by Gasteiger charge is -2.33. The number of halogens is 1. The highest BCUT2D eigenvalue weighted by atomic mass is 35.5. The third-order valence-corrected chi connectivity index (χ3v) is 7.31. The summed E-state index contributed by atoms with van der Waals surface area (Å²) >= 11 is 6.15. The first-order valence-corrected chi connectivity index (χ1v) is 12.4. The van der Waals surface area contributed by atoms with Crippen LogP contribution in [0.2, 0.25) is 5.02 Å². The van der Waals surface area contributed by atoms with E-state index in [4.69, 9.17) is 11.6 Å². The van der Waals surface area contributed by atoms with Crippen molar-refractivity contribution in [1.29, 1.82) is 0 Å². The van der Waals surface area contributed by atoms with E-state index >= 15 is 0 Å². The highest BCUT2D eigenvalue weighted by molar-refractivity contribution is 6.31. The summed E-state index contributed by atoms with van der Waals surface area (Å²) in [5.74, 6) is 0.204. The van der Waals surface area contributed by atoms with Gasteiger partial charge < -0.3 is 14.8 Å². The molecule has 3 atom stereocenters. The second-order valence-electron chi connectivity index (χ2n) is 9.36. The number of carbonyl (C=O) groups is 2. The topological polar surface area (TPSA) is 67.2 Å². The van der Waals surface area contributed by atoms with Crippen molar-refractivity contribution in [2.24, 2.45) is 5.92 Å². The molecule has 2 heterocycles. The van der Waals surface area contributed by atoms with Crippen LogP contribution < -0.4 is 5.32 Å². The number of fused-ring (bicyclic) bond motifs is 1. The molecule has 1 saturated heterocycles. The number of hydrogen-bond donors (Lipinski definition) is 1. The van der Waals surface area contributed by atoms with E-state index in [2.05, 4.69) is 22.4 Å². The fourth-order valence-corrected chi connectivity index (χ4v) is 5.68. The van der Waals surface area contributed by atoms with E-state index in [9.17, 15) is 9.59 Å². The lowest BCUT2D eigenvalue weighted by molar-refractivity contribution is -0.125. The predicted molar refractivity (Wildman–Crippen MR) is 131 cm³/mol. The Kier molecular flexibility index (Phi) is 6.68. The van der Waals surface area contributed by atoms with Crippen LogP contribution in [-0.2, 0) is 17.9 Å². The molecule has 5 rings (SSSR count). The quantitative estimate of drug-likeness (QED) is 0.562. The van der Waals surface area contributed by atoms with E-state index in [1.165, 1.54) is 6.42 Å². The molecule has 2 fully saturated rings. The predicted octanol–water partition coefficient (Wildman–Crippen LogP) is 4.67. The van der Waals surface area contributed by atoms with Gasteiger partial charge in [0.15, 0.2) is 0 Å². The van der Waals surface area contributed by atoms with Crippen LogP contribution >= 0.6 is 11.6 Å². The zero-order valence-corrected chi connectivity index (χ0v) is 19.8. The Balaban J connectivity index is 1.30. The van der Waals surface area contributed by atoms with Gasteiger partial charge >= 0.3 is 0 Å². The summed E-state index contributed by atoms with van der Waals surface area (Å²) in [5.41, 5.74) is 2.73. The van der Waals surface area contributed by atoms with Crippen LogP contribution in [0.4, 0.5) is 0 Å². The van der Waals surface area contributed by atoms with Crippen LogP contribution in [0.15, 0.2) is 67.3 Å². The summed E-state index contributed by atoms with van der Waals surface area (Å²) in [7, 11) is 0. The van der Waals surface area contributed by atoms with Crippen LogP contribution in [-0.4, -0.2) is 38.3 Å². The van der Waals surface area contributed by atoms with Crippen molar-refractivity contribution in [2.75, 3.05) is 0 Å². The van der Waals surface area contributed by atoms with Gasteiger partial charge in [-0.25, -0.2) is 4.98 Å². The molecular formula is C27H29ClN4O2. The van der Waals surface area contributed by atoms with Crippen LogP contribution in [0.5, 0.6) is 0 Å². The van der Waals surface area contributed by atoms with Crippen molar-refractivity contribution in [3.63, 3.8) is 0 Å². The summed E-state index contributed by atoms with van der Waals surface area (Å²) in [6.07, 6.45) is 10.5. The van der Waals surface area contributed by atoms with E-state index in [0.29, 0.717) is 23.0 Å². The maximum absolute atomic E-state index is 13.5. The van der Waals surface area contributed by atoms with Crippen molar-refractivity contribution >= 4 is 23.4 Å². The van der Waals surface area contributed by atoms with Gasteiger partial charge in [0.2, 0.25) is 5.91 Å². The van der Waals surface area contributed by atoms with E-state index in [-0.39, 0.29) is 17.9 Å². The molecule has 6 nitrogen and oxygen atoms in total. The number of aromatic nitrogens is 2. The van der Waals surface area contributed by atoms with Crippen LogP contribution in [0.3, 0.4) is 0 Å². The Hall–Kier alpha value is -3.12. The lowest BCUT2D eigenvalue weighted by atomic mass is 9.84. The number of nitrogens with one attached hydrogen (secondary N) is 1. The Morgan fingerprint density at radius 1 is 1.06 bits per heavy atom. The summed E-state index contributed by atoms with van der Waals surface area (Å²) in [5, 5.41) is 3.64. The minimum atomic E-state index is -0.450. The van der Waals surface area contributed by atoms with Gasteiger partial charge in [-0.05, 0) is 54.5 Å². The van der Waals surface area contributed by atoms with Crippen LogP contribution in [0.25, 0.3) is 0 Å². The van der Waals surface area contributed by atoms with Crippen LogP contribution in [0.1, 0.15) is 53.6 Å². The fourth-order valence-electron chi connectivity index (χ4n) is 5.49. The molecule has 1 N–H and O–H groups in total. The molecule has 2 aromatic carbocycles. The van der Waals surface area contributed by atoms with Gasteiger partial charge in [0.05, 0.1) is 6.33 Å².